The first-order chi connectivity index (χ1) is 23.8. The Bertz CT molecular complexity index is 872. The van der Waals surface area contributed by atoms with Gasteiger partial charge in [0.2, 0.25) is 0 Å². The SMILES string of the molecule is CCCCCCCC=C=CCCCCCCCC(=O)O[C@H](COC(=O)CCCCCCCCCCC)CO[C@@H]1O[C@H](CO)[C@H](O)C(O)C1O. The lowest BCUT2D eigenvalue weighted by atomic mass is 9.99. The lowest BCUT2D eigenvalue weighted by Crippen LogP contribution is -2.59. The highest BCUT2D eigenvalue weighted by atomic mass is 16.7. The van der Waals surface area contributed by atoms with E-state index in [2.05, 4.69) is 31.7 Å². The lowest BCUT2D eigenvalue weighted by Gasteiger charge is -2.39. The van der Waals surface area contributed by atoms with Crippen molar-refractivity contribution >= 4 is 11.9 Å². The molecule has 1 aliphatic heterocycles. The van der Waals surface area contributed by atoms with Crippen LogP contribution in [0.5, 0.6) is 0 Å². The first-order valence-corrected chi connectivity index (χ1v) is 19.5. The maximum absolute atomic E-state index is 12.7. The van der Waals surface area contributed by atoms with E-state index in [1.54, 1.807) is 0 Å². The van der Waals surface area contributed by atoms with Crippen molar-refractivity contribution in [2.45, 2.75) is 198 Å². The summed E-state index contributed by atoms with van der Waals surface area (Å²) in [6.07, 6.45) is 20.1. The van der Waals surface area contributed by atoms with Gasteiger partial charge < -0.3 is 39.4 Å². The Morgan fingerprint density at radius 3 is 1.67 bits per heavy atom. The number of ether oxygens (including phenoxy) is 4. The van der Waals surface area contributed by atoms with E-state index >= 15 is 0 Å². The van der Waals surface area contributed by atoms with Crippen molar-refractivity contribution in [3.63, 3.8) is 0 Å². The van der Waals surface area contributed by atoms with Gasteiger partial charge in [-0.25, -0.2) is 0 Å². The molecule has 0 aliphatic carbocycles. The Hall–Kier alpha value is -1.78. The van der Waals surface area contributed by atoms with Crippen LogP contribution in [0.1, 0.15) is 162 Å². The maximum Gasteiger partial charge on any atom is 0.306 e. The molecular formula is C39H70O10. The van der Waals surface area contributed by atoms with Gasteiger partial charge in [-0.1, -0.05) is 110 Å². The van der Waals surface area contributed by atoms with Crippen molar-refractivity contribution < 1.29 is 49.0 Å². The van der Waals surface area contributed by atoms with Crippen molar-refractivity contribution in [2.24, 2.45) is 0 Å². The maximum atomic E-state index is 12.7. The van der Waals surface area contributed by atoms with E-state index in [1.807, 2.05) is 0 Å². The molecular weight excluding hydrogens is 628 g/mol. The standard InChI is InChI=1S/C39H70O10/c1-3-5-7-9-11-13-14-15-16-17-18-20-22-24-26-28-35(42)48-32(31-47-39-38(45)37(44)36(43)33(29-40)49-39)30-46-34(41)27-25-23-21-19-12-10-8-6-4-2/h14,16,32-33,36-40,43-45H,3-13,17-31H2,1-2H3/t15?,32-,33-,36+,37?,38?,39-/m1/s1. The third kappa shape index (κ3) is 23.3. The second-order valence-electron chi connectivity index (χ2n) is 13.5. The molecule has 1 aliphatic rings. The third-order valence-corrected chi connectivity index (χ3v) is 8.92. The monoisotopic (exact) mass is 698 g/mol. The van der Waals surface area contributed by atoms with Crippen LogP contribution in [0.3, 0.4) is 0 Å². The van der Waals surface area contributed by atoms with E-state index in [1.165, 1.54) is 70.6 Å². The molecule has 2 unspecified atom stereocenters. The minimum Gasteiger partial charge on any atom is -0.462 e. The Balaban J connectivity index is 2.41. The number of esters is 2. The van der Waals surface area contributed by atoms with Crippen LogP contribution in [0.15, 0.2) is 17.9 Å². The van der Waals surface area contributed by atoms with Crippen LogP contribution in [0.2, 0.25) is 0 Å². The number of allylic oxidation sites excluding steroid dienone is 1. The molecule has 1 saturated heterocycles. The number of hydrogen-bond donors (Lipinski definition) is 4. The van der Waals surface area contributed by atoms with Gasteiger partial charge in [0.05, 0.1) is 13.2 Å². The first kappa shape index (κ1) is 45.2. The second kappa shape index (κ2) is 31.0. The minimum atomic E-state index is -1.59. The van der Waals surface area contributed by atoms with Crippen LogP contribution in [0.4, 0.5) is 0 Å². The van der Waals surface area contributed by atoms with Gasteiger partial charge in [0, 0.05) is 12.8 Å². The predicted molar refractivity (Wildman–Crippen MR) is 191 cm³/mol. The third-order valence-electron chi connectivity index (χ3n) is 8.92. The molecule has 286 valence electrons. The van der Waals surface area contributed by atoms with E-state index in [4.69, 9.17) is 18.9 Å². The van der Waals surface area contributed by atoms with Crippen molar-refractivity contribution in [3.05, 3.63) is 17.9 Å². The highest BCUT2D eigenvalue weighted by Crippen LogP contribution is 2.22. The summed E-state index contributed by atoms with van der Waals surface area (Å²) in [6.45, 7) is 3.34. The van der Waals surface area contributed by atoms with Crippen LogP contribution in [0, 0.1) is 0 Å². The van der Waals surface area contributed by atoms with Gasteiger partial charge in [0.25, 0.3) is 0 Å². The molecule has 0 radical (unpaired) electrons. The Morgan fingerprint density at radius 2 is 1.14 bits per heavy atom. The average molecular weight is 699 g/mol. The highest BCUT2D eigenvalue weighted by Gasteiger charge is 2.44. The van der Waals surface area contributed by atoms with Gasteiger partial charge >= 0.3 is 11.9 Å². The number of rotatable bonds is 31. The molecule has 0 spiro atoms. The molecule has 10 nitrogen and oxygen atoms in total. The molecule has 49 heavy (non-hydrogen) atoms. The van der Waals surface area contributed by atoms with Crippen molar-refractivity contribution in [1.82, 2.24) is 0 Å². The van der Waals surface area contributed by atoms with Crippen LogP contribution in [-0.4, -0.2) is 89.0 Å². The van der Waals surface area contributed by atoms with Gasteiger partial charge in [-0.2, -0.15) is 0 Å². The fourth-order valence-corrected chi connectivity index (χ4v) is 5.75. The normalized spacial score (nSPS) is 21.1. The quantitative estimate of drug-likeness (QED) is 0.0339. The van der Waals surface area contributed by atoms with E-state index in [-0.39, 0.29) is 32.0 Å². The summed E-state index contributed by atoms with van der Waals surface area (Å²) in [5.74, 6) is -0.829. The number of carbonyl (C=O) groups is 2. The van der Waals surface area contributed by atoms with Gasteiger partial charge in [-0.05, 0) is 50.7 Å². The second-order valence-corrected chi connectivity index (χ2v) is 13.5. The number of unbranched alkanes of at least 4 members (excludes halogenated alkanes) is 18. The summed E-state index contributed by atoms with van der Waals surface area (Å²) in [4.78, 5) is 25.1. The number of hydrogen-bond acceptors (Lipinski definition) is 10. The zero-order valence-corrected chi connectivity index (χ0v) is 30.7. The molecule has 0 saturated carbocycles. The fraction of sp³-hybridized carbons (Fsp3) is 0.872. The molecule has 0 aromatic carbocycles. The number of carbonyl (C=O) groups excluding carboxylic acids is 2. The minimum absolute atomic E-state index is 0.212. The topological polar surface area (TPSA) is 152 Å². The molecule has 0 bridgehead atoms. The summed E-state index contributed by atoms with van der Waals surface area (Å²) in [5, 5.41) is 39.9. The summed E-state index contributed by atoms with van der Waals surface area (Å²) < 4.78 is 22.0. The highest BCUT2D eigenvalue weighted by molar-refractivity contribution is 5.70. The van der Waals surface area contributed by atoms with E-state index in [0.717, 1.165) is 57.8 Å². The predicted octanol–water partition coefficient (Wildman–Crippen LogP) is 6.98. The molecule has 10 heteroatoms. The Labute approximate surface area is 296 Å². The molecule has 1 rings (SSSR count). The fourth-order valence-electron chi connectivity index (χ4n) is 5.75. The molecule has 0 amide bonds. The Morgan fingerprint density at radius 1 is 0.653 bits per heavy atom. The van der Waals surface area contributed by atoms with Crippen molar-refractivity contribution in [2.75, 3.05) is 19.8 Å². The summed E-state index contributed by atoms with van der Waals surface area (Å²) >= 11 is 0. The van der Waals surface area contributed by atoms with Crippen LogP contribution in [-0.2, 0) is 28.5 Å². The largest absolute Gasteiger partial charge is 0.462 e. The van der Waals surface area contributed by atoms with Gasteiger partial charge in [0.1, 0.15) is 31.0 Å². The molecule has 6 atom stereocenters. The van der Waals surface area contributed by atoms with E-state index in [0.29, 0.717) is 6.42 Å². The molecule has 1 heterocycles. The summed E-state index contributed by atoms with van der Waals surface area (Å²) in [6, 6.07) is 0. The van der Waals surface area contributed by atoms with Crippen molar-refractivity contribution in [3.8, 4) is 0 Å². The summed E-state index contributed by atoms with van der Waals surface area (Å²) in [5.41, 5.74) is 3.29. The molecule has 0 aromatic rings. The first-order valence-electron chi connectivity index (χ1n) is 19.5. The van der Waals surface area contributed by atoms with Crippen LogP contribution < -0.4 is 0 Å². The van der Waals surface area contributed by atoms with Gasteiger partial charge in [-0.3, -0.25) is 9.59 Å². The average Bonchev–Trinajstić information content (AvgIpc) is 3.10. The Kier molecular flexibility index (Phi) is 28.6. The van der Waals surface area contributed by atoms with E-state index in [9.17, 15) is 30.0 Å². The van der Waals surface area contributed by atoms with E-state index < -0.39 is 49.4 Å². The summed E-state index contributed by atoms with van der Waals surface area (Å²) in [7, 11) is 0. The van der Waals surface area contributed by atoms with Crippen LogP contribution in [0.25, 0.3) is 0 Å². The zero-order chi connectivity index (χ0) is 36.0. The van der Waals surface area contributed by atoms with Crippen LogP contribution >= 0.6 is 0 Å². The number of aliphatic hydroxyl groups excluding tert-OH is 4. The molecule has 1 fully saturated rings. The number of aliphatic hydroxyl groups is 4. The molecule has 4 N–H and O–H groups in total. The van der Waals surface area contributed by atoms with Gasteiger partial charge in [0.15, 0.2) is 12.4 Å². The van der Waals surface area contributed by atoms with Gasteiger partial charge in [-0.15, -0.1) is 5.73 Å². The molecule has 0 aromatic heterocycles. The smallest absolute Gasteiger partial charge is 0.306 e. The van der Waals surface area contributed by atoms with Crippen molar-refractivity contribution in [1.29, 1.82) is 0 Å². The zero-order valence-electron chi connectivity index (χ0n) is 30.7. The lowest BCUT2D eigenvalue weighted by molar-refractivity contribution is -0.305.